The van der Waals surface area contributed by atoms with E-state index < -0.39 is 17.1 Å². The molecule has 1 spiro atoms. The summed E-state index contributed by atoms with van der Waals surface area (Å²) in [6, 6.07) is 4.04. The number of ether oxygens (including phenoxy) is 2. The second-order valence-electron chi connectivity index (χ2n) is 7.90. The van der Waals surface area contributed by atoms with Crippen molar-refractivity contribution >= 4 is 5.78 Å². The van der Waals surface area contributed by atoms with Crippen LogP contribution in [0.25, 0.3) is 0 Å². The average Bonchev–Trinajstić information content (AvgIpc) is 2.91. The molecule has 1 saturated heterocycles. The summed E-state index contributed by atoms with van der Waals surface area (Å²) in [6.45, 7) is 1.72. The van der Waals surface area contributed by atoms with E-state index in [0.29, 0.717) is 24.3 Å². The molecular weight excluding hydrogens is 306 g/mol. The van der Waals surface area contributed by atoms with Crippen LogP contribution in [0.15, 0.2) is 12.1 Å². The first kappa shape index (κ1) is 14.7. The number of aliphatic hydroxyl groups is 1. The minimum absolute atomic E-state index is 0.120. The van der Waals surface area contributed by atoms with E-state index >= 15 is 0 Å². The summed E-state index contributed by atoms with van der Waals surface area (Å²) in [6.07, 6.45) is 1.95. The van der Waals surface area contributed by atoms with Gasteiger partial charge in [-0.1, -0.05) is 6.07 Å². The molecule has 2 fully saturated rings. The third kappa shape index (κ3) is 1.47. The van der Waals surface area contributed by atoms with Crippen molar-refractivity contribution in [3.05, 3.63) is 23.3 Å². The molecule has 4 unspecified atom stereocenters. The lowest BCUT2D eigenvalue weighted by atomic mass is 9.49. The van der Waals surface area contributed by atoms with E-state index in [0.717, 1.165) is 31.5 Å². The molecule has 2 aliphatic heterocycles. The first-order valence-corrected chi connectivity index (χ1v) is 8.82. The van der Waals surface area contributed by atoms with Gasteiger partial charge in [-0.05, 0) is 44.5 Å². The van der Waals surface area contributed by atoms with Crippen molar-refractivity contribution in [3.8, 4) is 11.5 Å². The quantitative estimate of drug-likeness (QED) is 0.841. The molecule has 4 atom stereocenters. The minimum atomic E-state index is -0.874. The van der Waals surface area contributed by atoms with E-state index in [1.807, 2.05) is 6.07 Å². The Labute approximate surface area is 141 Å². The largest absolute Gasteiger partial charge is 0.493 e. The number of hydrogen-bond donors (Lipinski definition) is 1. The van der Waals surface area contributed by atoms with Crippen LogP contribution in [0, 0.1) is 5.92 Å². The summed E-state index contributed by atoms with van der Waals surface area (Å²) < 4.78 is 11.7. The molecule has 1 saturated carbocycles. The van der Waals surface area contributed by atoms with Crippen LogP contribution in [-0.4, -0.2) is 54.7 Å². The number of ketones is 1. The van der Waals surface area contributed by atoms with Crippen LogP contribution in [0.4, 0.5) is 0 Å². The maximum Gasteiger partial charge on any atom is 0.174 e. The van der Waals surface area contributed by atoms with Crippen molar-refractivity contribution < 1.29 is 19.4 Å². The molecular formula is C19H23NO4. The maximum atomic E-state index is 12.8. The van der Waals surface area contributed by atoms with Gasteiger partial charge in [0, 0.05) is 24.4 Å². The lowest BCUT2D eigenvalue weighted by Gasteiger charge is -2.55. The van der Waals surface area contributed by atoms with Crippen molar-refractivity contribution in [2.24, 2.45) is 5.92 Å². The fraction of sp³-hybridized carbons (Fsp3) is 0.632. The van der Waals surface area contributed by atoms with Gasteiger partial charge in [-0.25, -0.2) is 0 Å². The van der Waals surface area contributed by atoms with E-state index in [4.69, 9.17) is 9.47 Å². The molecule has 1 N–H and O–H groups in total. The van der Waals surface area contributed by atoms with Crippen LogP contribution < -0.4 is 9.47 Å². The predicted octanol–water partition coefficient (Wildman–Crippen LogP) is 1.30. The van der Waals surface area contributed by atoms with Gasteiger partial charge in [-0.2, -0.15) is 0 Å². The predicted molar refractivity (Wildman–Crippen MR) is 87.6 cm³/mol. The topological polar surface area (TPSA) is 59.0 Å². The van der Waals surface area contributed by atoms with Gasteiger partial charge in [0.1, 0.15) is 0 Å². The molecule has 1 aromatic rings. The first-order chi connectivity index (χ1) is 11.5. The van der Waals surface area contributed by atoms with Crippen molar-refractivity contribution in [2.75, 3.05) is 27.2 Å². The Bertz CT molecular complexity index is 747. The summed E-state index contributed by atoms with van der Waals surface area (Å²) in [5, 5.41) is 11.9. The zero-order chi connectivity index (χ0) is 16.7. The molecule has 24 heavy (non-hydrogen) atoms. The van der Waals surface area contributed by atoms with Crippen molar-refractivity contribution in [2.45, 2.75) is 42.8 Å². The number of nitrogens with zero attached hydrogens (tertiary/aromatic N) is 1. The van der Waals surface area contributed by atoms with Crippen LogP contribution in [-0.2, 0) is 16.6 Å². The zero-order valence-electron chi connectivity index (χ0n) is 14.2. The Hall–Kier alpha value is -1.59. The van der Waals surface area contributed by atoms with E-state index in [1.165, 1.54) is 5.56 Å². The number of rotatable bonds is 1. The molecule has 2 heterocycles. The second-order valence-corrected chi connectivity index (χ2v) is 7.90. The number of carbonyl (C=O) groups is 1. The number of Topliss-reactive ketones (excluding diaryl/α,β-unsaturated/α-hetero) is 1. The van der Waals surface area contributed by atoms with E-state index in [2.05, 4.69) is 18.0 Å². The smallest absolute Gasteiger partial charge is 0.174 e. The summed E-state index contributed by atoms with van der Waals surface area (Å²) in [5.41, 5.74) is 0.776. The number of benzene rings is 1. The lowest BCUT2D eigenvalue weighted by Crippen LogP contribution is -2.68. The Balaban J connectivity index is 1.85. The maximum absolute atomic E-state index is 12.8. The fourth-order valence-corrected chi connectivity index (χ4v) is 5.87. The van der Waals surface area contributed by atoms with E-state index in [-0.39, 0.29) is 11.7 Å². The normalized spacial score (nSPS) is 39.9. The number of hydrogen-bond acceptors (Lipinski definition) is 5. The second kappa shape index (κ2) is 4.52. The van der Waals surface area contributed by atoms with Gasteiger partial charge in [-0.3, -0.25) is 4.79 Å². The molecule has 5 heteroatoms. The molecule has 0 amide bonds. The molecule has 2 bridgehead atoms. The third-order valence-electron chi connectivity index (χ3n) is 6.94. The van der Waals surface area contributed by atoms with Crippen molar-refractivity contribution in [1.82, 2.24) is 4.90 Å². The highest BCUT2D eigenvalue weighted by molar-refractivity contribution is 5.89. The van der Waals surface area contributed by atoms with Crippen LogP contribution in [0.1, 0.15) is 30.4 Å². The number of carbonyl (C=O) groups excluding carboxylic acids is 1. The summed E-state index contributed by atoms with van der Waals surface area (Å²) in [7, 11) is 3.73. The van der Waals surface area contributed by atoms with E-state index in [1.54, 1.807) is 7.11 Å². The SMILES string of the molecule is COc1ccc2c3c1OC1C(=O)CCC4(O)C(C2)CN(C)CCC314. The number of likely N-dealkylation sites (tertiary alicyclic amines) is 1. The van der Waals surface area contributed by atoms with Gasteiger partial charge in [0.25, 0.3) is 0 Å². The van der Waals surface area contributed by atoms with Gasteiger partial charge >= 0.3 is 0 Å². The molecule has 0 radical (unpaired) electrons. The average molecular weight is 329 g/mol. The highest BCUT2D eigenvalue weighted by Gasteiger charge is 2.71. The molecule has 1 aromatic carbocycles. The van der Waals surface area contributed by atoms with Gasteiger partial charge in [-0.15, -0.1) is 0 Å². The summed E-state index contributed by atoms with van der Waals surface area (Å²) in [5.74, 6) is 1.62. The molecule has 0 aromatic heterocycles. The minimum Gasteiger partial charge on any atom is -0.493 e. The van der Waals surface area contributed by atoms with Gasteiger partial charge in [0.15, 0.2) is 23.4 Å². The molecule has 5 rings (SSSR count). The Morgan fingerprint density at radius 2 is 2.21 bits per heavy atom. The summed E-state index contributed by atoms with van der Waals surface area (Å²) >= 11 is 0. The van der Waals surface area contributed by atoms with Gasteiger partial charge in [0.05, 0.1) is 18.1 Å². The zero-order valence-corrected chi connectivity index (χ0v) is 14.2. The lowest BCUT2D eigenvalue weighted by molar-refractivity contribution is -0.162. The molecule has 5 nitrogen and oxygen atoms in total. The van der Waals surface area contributed by atoms with Crippen molar-refractivity contribution in [3.63, 3.8) is 0 Å². The monoisotopic (exact) mass is 329 g/mol. The highest BCUT2D eigenvalue weighted by atomic mass is 16.5. The standard InChI is InChI=1S/C19H23NO4/c1-20-8-7-18-15-11-3-4-14(23-2)16(15)24-17(18)13(21)5-6-19(18,22)12(9-11)10-20/h3-4,12,17,22H,5-10H2,1-2H3. The van der Waals surface area contributed by atoms with Gasteiger partial charge < -0.3 is 19.5 Å². The van der Waals surface area contributed by atoms with Crippen LogP contribution in [0.2, 0.25) is 0 Å². The van der Waals surface area contributed by atoms with Gasteiger partial charge in [0.2, 0.25) is 0 Å². The third-order valence-corrected chi connectivity index (χ3v) is 6.94. The molecule has 128 valence electrons. The van der Waals surface area contributed by atoms with Crippen molar-refractivity contribution in [1.29, 1.82) is 0 Å². The highest BCUT2D eigenvalue weighted by Crippen LogP contribution is 2.64. The first-order valence-electron chi connectivity index (χ1n) is 8.82. The summed E-state index contributed by atoms with van der Waals surface area (Å²) in [4.78, 5) is 15.1. The number of methoxy groups -OCH3 is 1. The van der Waals surface area contributed by atoms with Crippen LogP contribution >= 0.6 is 0 Å². The molecule has 2 aliphatic carbocycles. The van der Waals surface area contributed by atoms with E-state index in [9.17, 15) is 9.90 Å². The Morgan fingerprint density at radius 1 is 1.38 bits per heavy atom. The Kier molecular flexibility index (Phi) is 2.78. The Morgan fingerprint density at radius 3 is 3.00 bits per heavy atom. The van der Waals surface area contributed by atoms with Crippen LogP contribution in [0.3, 0.4) is 0 Å². The van der Waals surface area contributed by atoms with Crippen LogP contribution in [0.5, 0.6) is 11.5 Å². The fourth-order valence-electron chi connectivity index (χ4n) is 5.87. The molecule has 4 aliphatic rings.